The van der Waals surface area contributed by atoms with E-state index in [0.717, 1.165) is 17.7 Å². The highest BCUT2D eigenvalue weighted by Crippen LogP contribution is 2.40. The Morgan fingerprint density at radius 3 is 2.43 bits per heavy atom. The van der Waals surface area contributed by atoms with Gasteiger partial charge in [-0.15, -0.1) is 0 Å². The first-order chi connectivity index (χ1) is 9.81. The van der Waals surface area contributed by atoms with Crippen LogP contribution in [0, 0.1) is 6.92 Å². The maximum atomic E-state index is 13.0. The van der Waals surface area contributed by atoms with Gasteiger partial charge in [0.1, 0.15) is 17.8 Å². The van der Waals surface area contributed by atoms with E-state index in [1.165, 1.54) is 12.1 Å². The molecule has 0 heterocycles. The SMILES string of the molecule is Cc1ccc(Cl)c(Oc2ccc(C=O)cc2C(F)(F)F)c1. The van der Waals surface area contributed by atoms with Crippen LogP contribution < -0.4 is 4.74 Å². The number of benzene rings is 2. The van der Waals surface area contributed by atoms with Gasteiger partial charge in [-0.2, -0.15) is 13.2 Å². The van der Waals surface area contributed by atoms with Crippen molar-refractivity contribution in [2.24, 2.45) is 0 Å². The van der Waals surface area contributed by atoms with Crippen LogP contribution >= 0.6 is 11.6 Å². The summed E-state index contributed by atoms with van der Waals surface area (Å²) in [5, 5.41) is 0.202. The summed E-state index contributed by atoms with van der Waals surface area (Å²) in [7, 11) is 0. The van der Waals surface area contributed by atoms with Gasteiger partial charge in [0, 0.05) is 5.56 Å². The van der Waals surface area contributed by atoms with Crippen LogP contribution in [-0.4, -0.2) is 6.29 Å². The Morgan fingerprint density at radius 2 is 1.81 bits per heavy atom. The van der Waals surface area contributed by atoms with E-state index >= 15 is 0 Å². The molecule has 2 nitrogen and oxygen atoms in total. The van der Waals surface area contributed by atoms with Crippen molar-refractivity contribution in [1.29, 1.82) is 0 Å². The molecule has 0 N–H and O–H groups in total. The minimum atomic E-state index is -4.63. The molecule has 0 spiro atoms. The fraction of sp³-hybridized carbons (Fsp3) is 0.133. The molecule has 0 amide bonds. The number of hydrogen-bond acceptors (Lipinski definition) is 2. The van der Waals surface area contributed by atoms with Gasteiger partial charge in [0.2, 0.25) is 0 Å². The predicted molar refractivity (Wildman–Crippen MR) is 73.1 cm³/mol. The minimum Gasteiger partial charge on any atom is -0.455 e. The van der Waals surface area contributed by atoms with Crippen molar-refractivity contribution < 1.29 is 22.7 Å². The van der Waals surface area contributed by atoms with Gasteiger partial charge in [-0.3, -0.25) is 4.79 Å². The number of halogens is 4. The number of carbonyl (C=O) groups excluding carboxylic acids is 1. The normalized spacial score (nSPS) is 11.3. The van der Waals surface area contributed by atoms with E-state index in [2.05, 4.69) is 0 Å². The number of alkyl halides is 3. The first-order valence-electron chi connectivity index (χ1n) is 5.91. The molecule has 0 radical (unpaired) electrons. The van der Waals surface area contributed by atoms with E-state index in [9.17, 15) is 18.0 Å². The van der Waals surface area contributed by atoms with Crippen molar-refractivity contribution in [1.82, 2.24) is 0 Å². The van der Waals surface area contributed by atoms with Crippen molar-refractivity contribution >= 4 is 17.9 Å². The molecule has 0 bridgehead atoms. The molecule has 2 aromatic rings. The molecule has 21 heavy (non-hydrogen) atoms. The number of rotatable bonds is 3. The lowest BCUT2D eigenvalue weighted by Gasteiger charge is -2.15. The average Bonchev–Trinajstić information content (AvgIpc) is 2.42. The quantitative estimate of drug-likeness (QED) is 0.721. The smallest absolute Gasteiger partial charge is 0.420 e. The van der Waals surface area contributed by atoms with Crippen LogP contribution in [0.5, 0.6) is 11.5 Å². The van der Waals surface area contributed by atoms with Crippen LogP contribution in [0.15, 0.2) is 36.4 Å². The van der Waals surface area contributed by atoms with Gasteiger partial charge in [0.05, 0.1) is 10.6 Å². The molecule has 2 rings (SSSR count). The molecule has 110 valence electrons. The average molecular weight is 315 g/mol. The summed E-state index contributed by atoms with van der Waals surface area (Å²) in [6.45, 7) is 1.77. The molecule has 0 aliphatic heterocycles. The fourth-order valence-corrected chi connectivity index (χ4v) is 1.89. The second-order valence-corrected chi connectivity index (χ2v) is 4.81. The Morgan fingerprint density at radius 1 is 1.10 bits per heavy atom. The molecule has 2 aromatic carbocycles. The van der Waals surface area contributed by atoms with E-state index in [4.69, 9.17) is 16.3 Å². The van der Waals surface area contributed by atoms with Gasteiger partial charge < -0.3 is 4.74 Å². The lowest BCUT2D eigenvalue weighted by Crippen LogP contribution is -2.08. The van der Waals surface area contributed by atoms with Crippen molar-refractivity contribution in [3.05, 3.63) is 58.1 Å². The minimum absolute atomic E-state index is 0.0787. The van der Waals surface area contributed by atoms with Crippen LogP contribution in [0.3, 0.4) is 0 Å². The second-order valence-electron chi connectivity index (χ2n) is 4.41. The zero-order valence-corrected chi connectivity index (χ0v) is 11.6. The highest BCUT2D eigenvalue weighted by Gasteiger charge is 2.35. The Kier molecular flexibility index (Phi) is 4.23. The third kappa shape index (κ3) is 3.55. The van der Waals surface area contributed by atoms with E-state index in [0.29, 0.717) is 6.29 Å². The number of aldehydes is 1. The Hall–Kier alpha value is -2.01. The number of ether oxygens (including phenoxy) is 1. The third-order valence-electron chi connectivity index (χ3n) is 2.75. The fourth-order valence-electron chi connectivity index (χ4n) is 1.74. The zero-order valence-electron chi connectivity index (χ0n) is 10.9. The zero-order chi connectivity index (χ0) is 15.6. The standard InChI is InChI=1S/C15H10ClF3O2/c1-9-2-4-12(16)14(6-9)21-13-5-3-10(8-20)7-11(13)15(17,18)19/h2-8H,1H3. The number of hydrogen-bond donors (Lipinski definition) is 0. The first-order valence-corrected chi connectivity index (χ1v) is 6.29. The Balaban J connectivity index is 2.48. The van der Waals surface area contributed by atoms with E-state index in [-0.39, 0.29) is 16.3 Å². The summed E-state index contributed by atoms with van der Waals surface area (Å²) in [6.07, 6.45) is -4.29. The Bertz CT molecular complexity index is 681. The van der Waals surface area contributed by atoms with Gasteiger partial charge in [0.15, 0.2) is 0 Å². The van der Waals surface area contributed by atoms with Gasteiger partial charge in [0.25, 0.3) is 0 Å². The van der Waals surface area contributed by atoms with Crippen LogP contribution in [0.2, 0.25) is 5.02 Å². The van der Waals surface area contributed by atoms with E-state index in [1.807, 2.05) is 0 Å². The summed E-state index contributed by atoms with van der Waals surface area (Å²) in [5.74, 6) is -0.276. The summed E-state index contributed by atoms with van der Waals surface area (Å²) >= 11 is 5.91. The predicted octanol–water partition coefficient (Wildman–Crippen LogP) is 5.27. The summed E-state index contributed by atoms with van der Waals surface area (Å²) in [6, 6.07) is 7.89. The molecule has 0 aromatic heterocycles. The molecular weight excluding hydrogens is 305 g/mol. The van der Waals surface area contributed by atoms with Gasteiger partial charge >= 0.3 is 6.18 Å². The highest BCUT2D eigenvalue weighted by atomic mass is 35.5. The van der Waals surface area contributed by atoms with Crippen LogP contribution in [-0.2, 0) is 6.18 Å². The molecule has 6 heteroatoms. The molecule has 0 aliphatic rings. The van der Waals surface area contributed by atoms with Crippen LogP contribution in [0.1, 0.15) is 21.5 Å². The van der Waals surface area contributed by atoms with E-state index in [1.54, 1.807) is 19.1 Å². The topological polar surface area (TPSA) is 26.3 Å². The number of carbonyl (C=O) groups is 1. The van der Waals surface area contributed by atoms with Crippen molar-refractivity contribution in [3.8, 4) is 11.5 Å². The molecule has 0 atom stereocenters. The molecule has 0 unspecified atom stereocenters. The lowest BCUT2D eigenvalue weighted by molar-refractivity contribution is -0.138. The van der Waals surface area contributed by atoms with Crippen molar-refractivity contribution in [2.75, 3.05) is 0 Å². The summed E-state index contributed by atoms with van der Waals surface area (Å²) < 4.78 is 44.3. The molecule has 0 saturated heterocycles. The monoisotopic (exact) mass is 314 g/mol. The van der Waals surface area contributed by atoms with Crippen molar-refractivity contribution in [2.45, 2.75) is 13.1 Å². The highest BCUT2D eigenvalue weighted by molar-refractivity contribution is 6.32. The number of aryl methyl sites for hydroxylation is 1. The molecule has 0 aliphatic carbocycles. The van der Waals surface area contributed by atoms with Crippen LogP contribution in [0.25, 0.3) is 0 Å². The largest absolute Gasteiger partial charge is 0.455 e. The molecular formula is C15H10ClF3O2. The summed E-state index contributed by atoms with van der Waals surface area (Å²) in [4.78, 5) is 10.6. The summed E-state index contributed by atoms with van der Waals surface area (Å²) in [5.41, 5.74) is -0.304. The first kappa shape index (κ1) is 15.4. The lowest BCUT2D eigenvalue weighted by atomic mass is 10.1. The van der Waals surface area contributed by atoms with Crippen molar-refractivity contribution in [3.63, 3.8) is 0 Å². The van der Waals surface area contributed by atoms with E-state index < -0.39 is 17.5 Å². The molecule has 0 saturated carbocycles. The maximum absolute atomic E-state index is 13.0. The maximum Gasteiger partial charge on any atom is 0.420 e. The van der Waals surface area contributed by atoms with Gasteiger partial charge in [-0.05, 0) is 42.8 Å². The second kappa shape index (κ2) is 5.77. The van der Waals surface area contributed by atoms with Gasteiger partial charge in [-0.1, -0.05) is 17.7 Å². The third-order valence-corrected chi connectivity index (χ3v) is 3.06. The van der Waals surface area contributed by atoms with Crippen LogP contribution in [0.4, 0.5) is 13.2 Å². The van der Waals surface area contributed by atoms with Gasteiger partial charge in [-0.25, -0.2) is 0 Å². The molecule has 0 fully saturated rings. The Labute approximate surface area is 124 Å².